The van der Waals surface area contributed by atoms with Crippen molar-refractivity contribution in [1.82, 2.24) is 5.32 Å². The molecule has 0 spiro atoms. The van der Waals surface area contributed by atoms with Crippen molar-refractivity contribution in [3.8, 4) is 0 Å². The lowest BCUT2D eigenvalue weighted by atomic mass is 10.0. The molecule has 0 heterocycles. The van der Waals surface area contributed by atoms with Gasteiger partial charge in [0.2, 0.25) is 6.54 Å². The van der Waals surface area contributed by atoms with Crippen molar-refractivity contribution in [1.29, 1.82) is 0 Å². The van der Waals surface area contributed by atoms with Crippen LogP contribution in [0.1, 0.15) is 20.8 Å². The third-order valence-electron chi connectivity index (χ3n) is 2.91. The monoisotopic (exact) mass is 233 g/mol. The van der Waals surface area contributed by atoms with Crippen molar-refractivity contribution >= 4 is 5.69 Å². The highest BCUT2D eigenvalue weighted by Crippen LogP contribution is 2.17. The number of para-hydroxylation sites is 1. The van der Waals surface area contributed by atoms with Crippen LogP contribution in [0.5, 0.6) is 0 Å². The van der Waals surface area contributed by atoms with Crippen molar-refractivity contribution in [2.45, 2.75) is 20.8 Å². The molecule has 3 nitrogen and oxygen atoms in total. The standard InChI is InChI=1S/C14H21N2O/c1-11(2)14(12(3)15-4)10-16(17)13-8-6-5-7-9-13/h5-9,11,15H,10H2,1-4H3/q+1/b14-12+. The molecule has 0 fully saturated rings. The van der Waals surface area contributed by atoms with Gasteiger partial charge in [0.15, 0.2) is 0 Å². The van der Waals surface area contributed by atoms with Gasteiger partial charge in [0.1, 0.15) is 0 Å². The van der Waals surface area contributed by atoms with Gasteiger partial charge in [-0.15, -0.1) is 0 Å². The van der Waals surface area contributed by atoms with Crippen LogP contribution in [0.3, 0.4) is 0 Å². The van der Waals surface area contributed by atoms with E-state index in [2.05, 4.69) is 19.2 Å². The Morgan fingerprint density at radius 3 is 2.35 bits per heavy atom. The van der Waals surface area contributed by atoms with E-state index in [-0.39, 0.29) is 0 Å². The fraction of sp³-hybridized carbons (Fsp3) is 0.429. The average Bonchev–Trinajstić information content (AvgIpc) is 2.35. The lowest BCUT2D eigenvalue weighted by Gasteiger charge is -2.11. The highest BCUT2D eigenvalue weighted by atomic mass is 16.3. The largest absolute Gasteiger partial charge is 0.391 e. The first-order chi connectivity index (χ1) is 8.06. The molecule has 0 bridgehead atoms. The number of nitrogens with zero attached hydrogens (tertiary/aromatic N) is 1. The third kappa shape index (κ3) is 3.70. The molecule has 1 aromatic rings. The predicted molar refractivity (Wildman–Crippen MR) is 71.2 cm³/mol. The first kappa shape index (κ1) is 13.4. The van der Waals surface area contributed by atoms with Crippen LogP contribution < -0.4 is 5.32 Å². The summed E-state index contributed by atoms with van der Waals surface area (Å²) in [7, 11) is 1.88. The molecule has 0 radical (unpaired) electrons. The molecule has 0 aromatic heterocycles. The summed E-state index contributed by atoms with van der Waals surface area (Å²) in [4.78, 5) is 12.0. The van der Waals surface area contributed by atoms with Crippen molar-refractivity contribution in [3.63, 3.8) is 0 Å². The van der Waals surface area contributed by atoms with Crippen LogP contribution in [0.25, 0.3) is 0 Å². The molecule has 3 heteroatoms. The zero-order valence-corrected chi connectivity index (χ0v) is 11.0. The molecule has 0 aliphatic rings. The van der Waals surface area contributed by atoms with Crippen molar-refractivity contribution in [2.24, 2.45) is 5.92 Å². The van der Waals surface area contributed by atoms with Gasteiger partial charge in [-0.1, -0.05) is 32.0 Å². The molecule has 17 heavy (non-hydrogen) atoms. The SMILES string of the molecule is CN/C(C)=C(\C[N+](=O)c1ccccc1)C(C)C. The Hall–Kier alpha value is -1.64. The summed E-state index contributed by atoms with van der Waals surface area (Å²) in [5, 5.41) is 3.12. The highest BCUT2D eigenvalue weighted by Gasteiger charge is 2.19. The zero-order valence-electron chi connectivity index (χ0n) is 11.0. The number of nitrogens with one attached hydrogen (secondary N) is 1. The van der Waals surface area contributed by atoms with Gasteiger partial charge in [-0.05, 0) is 12.8 Å². The molecule has 0 unspecified atom stereocenters. The Morgan fingerprint density at radius 1 is 1.29 bits per heavy atom. The lowest BCUT2D eigenvalue weighted by molar-refractivity contribution is -0.454. The summed E-state index contributed by atoms with van der Waals surface area (Å²) in [6.07, 6.45) is 0. The van der Waals surface area contributed by atoms with Gasteiger partial charge in [-0.25, -0.2) is 0 Å². The van der Waals surface area contributed by atoms with Gasteiger partial charge in [0.25, 0.3) is 5.69 Å². The number of rotatable bonds is 5. The second-order valence-corrected chi connectivity index (χ2v) is 4.43. The van der Waals surface area contributed by atoms with E-state index in [1.54, 1.807) is 0 Å². The Labute approximate surface area is 103 Å². The molecule has 1 N–H and O–H groups in total. The van der Waals surface area contributed by atoms with E-state index in [4.69, 9.17) is 0 Å². The molecule has 0 aliphatic heterocycles. The van der Waals surface area contributed by atoms with Crippen LogP contribution in [0.4, 0.5) is 5.69 Å². The first-order valence-corrected chi connectivity index (χ1v) is 5.93. The normalized spacial score (nSPS) is 12.3. The van der Waals surface area contributed by atoms with E-state index in [1.807, 2.05) is 44.3 Å². The minimum atomic E-state index is 0.364. The van der Waals surface area contributed by atoms with Gasteiger partial charge in [0.05, 0.1) is 0 Å². The van der Waals surface area contributed by atoms with Crippen LogP contribution in [0.15, 0.2) is 41.6 Å². The molecule has 0 aliphatic carbocycles. The summed E-state index contributed by atoms with van der Waals surface area (Å²) >= 11 is 0. The van der Waals surface area contributed by atoms with Crippen LogP contribution in [0, 0.1) is 10.8 Å². The second-order valence-electron chi connectivity index (χ2n) is 4.43. The molecule has 0 amide bonds. The fourth-order valence-corrected chi connectivity index (χ4v) is 1.73. The maximum atomic E-state index is 12.0. The molecule has 0 saturated carbocycles. The molecular formula is C14H21N2O+. The smallest absolute Gasteiger partial charge is 0.256 e. The number of hydrogen-bond acceptors (Lipinski definition) is 2. The third-order valence-corrected chi connectivity index (χ3v) is 2.91. The number of allylic oxidation sites excluding steroid dienone is 1. The summed E-state index contributed by atoms with van der Waals surface area (Å²) in [6, 6.07) is 9.34. The van der Waals surface area contributed by atoms with Crippen LogP contribution in [-0.4, -0.2) is 18.4 Å². The van der Waals surface area contributed by atoms with E-state index in [0.717, 1.165) is 16.0 Å². The van der Waals surface area contributed by atoms with Gasteiger partial charge in [-0.2, -0.15) is 0 Å². The fourth-order valence-electron chi connectivity index (χ4n) is 1.73. The molecular weight excluding hydrogens is 212 g/mol. The van der Waals surface area contributed by atoms with Gasteiger partial charge >= 0.3 is 0 Å². The maximum absolute atomic E-state index is 12.0. The number of hydrogen-bond donors (Lipinski definition) is 1. The van der Waals surface area contributed by atoms with Gasteiger partial charge in [-0.3, -0.25) is 0 Å². The summed E-state index contributed by atoms with van der Waals surface area (Å²) < 4.78 is 1.04. The molecule has 0 atom stereocenters. The highest BCUT2D eigenvalue weighted by molar-refractivity contribution is 5.28. The summed E-state index contributed by atoms with van der Waals surface area (Å²) in [5.74, 6) is 0.364. The van der Waals surface area contributed by atoms with Crippen LogP contribution in [0.2, 0.25) is 0 Å². The Kier molecular flexibility index (Phi) is 4.88. The molecule has 92 valence electrons. The van der Waals surface area contributed by atoms with Crippen molar-refractivity contribution < 1.29 is 4.76 Å². The maximum Gasteiger partial charge on any atom is 0.256 e. The molecule has 1 rings (SSSR count). The van der Waals surface area contributed by atoms with E-state index in [0.29, 0.717) is 18.2 Å². The Bertz CT molecular complexity index is 407. The average molecular weight is 233 g/mol. The van der Waals surface area contributed by atoms with E-state index < -0.39 is 0 Å². The van der Waals surface area contributed by atoms with E-state index in [9.17, 15) is 4.91 Å². The predicted octanol–water partition coefficient (Wildman–Crippen LogP) is 3.25. The van der Waals surface area contributed by atoms with Gasteiger partial charge in [0, 0.05) is 40.1 Å². The number of benzene rings is 1. The Balaban J connectivity index is 2.87. The quantitative estimate of drug-likeness (QED) is 0.792. The first-order valence-electron chi connectivity index (χ1n) is 5.93. The second kappa shape index (κ2) is 6.18. The number of nitroso groups, excluding NO2 is 1. The van der Waals surface area contributed by atoms with Crippen LogP contribution in [-0.2, 0) is 0 Å². The van der Waals surface area contributed by atoms with E-state index >= 15 is 0 Å². The lowest BCUT2D eigenvalue weighted by Crippen LogP contribution is -2.17. The van der Waals surface area contributed by atoms with Crippen molar-refractivity contribution in [3.05, 3.63) is 46.5 Å². The minimum absolute atomic E-state index is 0.364. The summed E-state index contributed by atoms with van der Waals surface area (Å²) in [5.41, 5.74) is 2.93. The van der Waals surface area contributed by atoms with Crippen LogP contribution >= 0.6 is 0 Å². The minimum Gasteiger partial charge on any atom is -0.391 e. The Morgan fingerprint density at radius 2 is 1.88 bits per heavy atom. The summed E-state index contributed by atoms with van der Waals surface area (Å²) in [6.45, 7) is 6.63. The van der Waals surface area contributed by atoms with Gasteiger partial charge < -0.3 is 5.32 Å². The topological polar surface area (TPSA) is 32.1 Å². The molecule has 1 aromatic carbocycles. The molecule has 0 saturated heterocycles. The van der Waals surface area contributed by atoms with E-state index in [1.165, 1.54) is 0 Å². The zero-order chi connectivity index (χ0) is 12.8. The van der Waals surface area contributed by atoms with Crippen molar-refractivity contribution in [2.75, 3.05) is 13.6 Å².